The molecule has 7 nitrogen and oxygen atoms in total. The molecule has 8 heteroatoms. The van der Waals surface area contributed by atoms with E-state index in [4.69, 9.17) is 4.74 Å². The first-order chi connectivity index (χ1) is 18.7. The molecule has 3 unspecified atom stereocenters. The first-order valence-corrected chi connectivity index (χ1v) is 15.0. The van der Waals surface area contributed by atoms with Gasteiger partial charge in [-0.05, 0) is 69.1 Å². The van der Waals surface area contributed by atoms with Gasteiger partial charge in [0.25, 0.3) is 5.91 Å². The van der Waals surface area contributed by atoms with Crippen molar-refractivity contribution in [1.29, 1.82) is 0 Å². The Morgan fingerprint density at radius 3 is 2.69 bits per heavy atom. The summed E-state index contributed by atoms with van der Waals surface area (Å²) in [6, 6.07) is 5.27. The van der Waals surface area contributed by atoms with Gasteiger partial charge < -0.3 is 19.6 Å². The van der Waals surface area contributed by atoms with Gasteiger partial charge in [-0.25, -0.2) is 0 Å². The molecule has 1 aromatic carbocycles. The predicted molar refractivity (Wildman–Crippen MR) is 156 cm³/mol. The van der Waals surface area contributed by atoms with Crippen molar-refractivity contribution in [1.82, 2.24) is 4.90 Å². The number of nitrogens with zero attached hydrogens (tertiary/aromatic N) is 2. The molecule has 6 atom stereocenters. The van der Waals surface area contributed by atoms with E-state index >= 15 is 0 Å². The Labute approximate surface area is 236 Å². The highest BCUT2D eigenvalue weighted by Crippen LogP contribution is 2.68. The van der Waals surface area contributed by atoms with E-state index in [1.54, 1.807) is 27.6 Å². The van der Waals surface area contributed by atoms with Gasteiger partial charge >= 0.3 is 5.97 Å². The van der Waals surface area contributed by atoms with E-state index in [9.17, 15) is 19.5 Å². The second-order valence-electron chi connectivity index (χ2n) is 11.1. The van der Waals surface area contributed by atoms with Crippen LogP contribution in [0.15, 0.2) is 43.5 Å². The van der Waals surface area contributed by atoms with Crippen LogP contribution in [-0.2, 0) is 19.1 Å². The van der Waals surface area contributed by atoms with E-state index in [0.29, 0.717) is 19.6 Å². The van der Waals surface area contributed by atoms with Gasteiger partial charge in [0.2, 0.25) is 5.91 Å². The number of amides is 2. The molecule has 3 aliphatic rings. The van der Waals surface area contributed by atoms with Crippen LogP contribution in [-0.4, -0.2) is 70.1 Å². The van der Waals surface area contributed by atoms with E-state index < -0.39 is 22.6 Å². The summed E-state index contributed by atoms with van der Waals surface area (Å²) < 4.78 is 4.98. The predicted octanol–water partition coefficient (Wildman–Crippen LogP) is 4.44. The fourth-order valence-corrected chi connectivity index (χ4v) is 9.21. The van der Waals surface area contributed by atoms with E-state index in [0.717, 1.165) is 42.5 Å². The van der Waals surface area contributed by atoms with Gasteiger partial charge in [-0.2, -0.15) is 0 Å². The summed E-state index contributed by atoms with van der Waals surface area (Å²) >= 11 is 1.64. The first kappa shape index (κ1) is 29.4. The minimum absolute atomic E-state index is 0.0570. The Morgan fingerprint density at radius 2 is 2.00 bits per heavy atom. The Kier molecular flexibility index (Phi) is 9.27. The smallest absolute Gasteiger partial charge is 0.310 e. The molecule has 0 aliphatic carbocycles. The Balaban J connectivity index is 1.71. The molecule has 0 aromatic heterocycles. The maximum absolute atomic E-state index is 14.6. The normalized spacial score (nSPS) is 28.9. The van der Waals surface area contributed by atoms with E-state index in [1.807, 2.05) is 38.1 Å². The number of carbonyl (C=O) groups excluding carboxylic acids is 3. The van der Waals surface area contributed by atoms with Crippen LogP contribution in [0.5, 0.6) is 0 Å². The Bertz CT molecular complexity index is 1120. The number of allylic oxidation sites excluding steroid dienone is 1. The molecule has 3 fully saturated rings. The number of aliphatic hydroxyl groups excluding tert-OH is 1. The minimum Gasteiger partial charge on any atom is -0.465 e. The molecule has 2 amide bonds. The zero-order valence-electron chi connectivity index (χ0n) is 23.4. The summed E-state index contributed by atoms with van der Waals surface area (Å²) in [5.41, 5.74) is 2.80. The van der Waals surface area contributed by atoms with Crippen molar-refractivity contribution < 1.29 is 24.2 Å². The average molecular weight is 555 g/mol. The van der Waals surface area contributed by atoms with Crippen LogP contribution in [0.1, 0.15) is 50.2 Å². The van der Waals surface area contributed by atoms with Crippen LogP contribution in [0.2, 0.25) is 0 Å². The number of likely N-dealkylation sites (tertiary alicyclic amines) is 1. The number of carbonyl (C=O) groups is 3. The molecule has 0 radical (unpaired) electrons. The zero-order valence-corrected chi connectivity index (χ0v) is 24.3. The monoisotopic (exact) mass is 554 g/mol. The number of thioether (sulfide) groups is 1. The number of ether oxygens (including phenoxy) is 1. The highest BCUT2D eigenvalue weighted by atomic mass is 32.2. The molecule has 1 aromatic rings. The molecule has 2 bridgehead atoms. The quantitative estimate of drug-likeness (QED) is 0.220. The summed E-state index contributed by atoms with van der Waals surface area (Å²) in [6.07, 6.45) is 7.19. The number of unbranched alkanes of at least 4 members (excludes halogenated alkanes) is 2. The van der Waals surface area contributed by atoms with E-state index in [-0.39, 0.29) is 42.1 Å². The highest BCUT2D eigenvalue weighted by molar-refractivity contribution is 8.02. The second kappa shape index (κ2) is 12.3. The molecular formula is C31H42N2O5S. The van der Waals surface area contributed by atoms with E-state index in [2.05, 4.69) is 20.1 Å². The molecule has 1 spiro atoms. The maximum Gasteiger partial charge on any atom is 0.310 e. The lowest BCUT2D eigenvalue weighted by Crippen LogP contribution is -2.57. The third-order valence-electron chi connectivity index (χ3n) is 8.59. The number of hydrogen-bond donors (Lipinski definition) is 1. The van der Waals surface area contributed by atoms with Crippen LogP contribution in [0.25, 0.3) is 0 Å². The van der Waals surface area contributed by atoms with Gasteiger partial charge in [0, 0.05) is 30.6 Å². The van der Waals surface area contributed by atoms with Crippen LogP contribution in [0, 0.1) is 31.6 Å². The van der Waals surface area contributed by atoms with Gasteiger partial charge in [0.05, 0.1) is 23.2 Å². The third kappa shape index (κ3) is 5.18. The van der Waals surface area contributed by atoms with Crippen molar-refractivity contribution >= 4 is 35.2 Å². The molecule has 3 saturated heterocycles. The van der Waals surface area contributed by atoms with Crippen molar-refractivity contribution in [3.63, 3.8) is 0 Å². The zero-order chi connectivity index (χ0) is 28.3. The molecule has 212 valence electrons. The molecule has 0 saturated carbocycles. The summed E-state index contributed by atoms with van der Waals surface area (Å²) in [7, 11) is 0. The molecular weight excluding hydrogens is 512 g/mol. The molecule has 4 rings (SSSR count). The largest absolute Gasteiger partial charge is 0.465 e. The van der Waals surface area contributed by atoms with Gasteiger partial charge in [-0.15, -0.1) is 24.9 Å². The van der Waals surface area contributed by atoms with Crippen molar-refractivity contribution in [2.45, 2.75) is 68.9 Å². The average Bonchev–Trinajstić information content (AvgIpc) is 3.50. The number of aliphatic hydroxyl groups is 1. The number of fused-ring (bicyclic) bond motifs is 1. The van der Waals surface area contributed by atoms with E-state index in [1.165, 1.54) is 0 Å². The highest BCUT2D eigenvalue weighted by Gasteiger charge is 2.76. The standard InChI is InChI=1S/C31H42N2O5S/c1-6-8-9-10-17-38-30(37)25-24-19-22(5)31(39-24)26(25)28(35)33(15-11-16-34)27(31)29(36)32(14-7-2)23-18-20(3)12-13-21(23)4/h6-7,12-13,18,22,24-27,34H,1-2,8-11,14-17,19H2,3-5H3/t22?,24-,25+,26+,27?,31?/m1/s1. The molecule has 39 heavy (non-hydrogen) atoms. The number of benzene rings is 1. The first-order valence-electron chi connectivity index (χ1n) is 14.1. The Hall–Kier alpha value is -2.58. The van der Waals surface area contributed by atoms with Crippen molar-refractivity contribution in [3.05, 3.63) is 54.6 Å². The molecule has 1 N–H and O–H groups in total. The number of anilines is 1. The van der Waals surface area contributed by atoms with Gasteiger partial charge in [-0.1, -0.05) is 31.2 Å². The van der Waals surface area contributed by atoms with Crippen molar-refractivity contribution in [2.24, 2.45) is 17.8 Å². The van der Waals surface area contributed by atoms with Gasteiger partial charge in [-0.3, -0.25) is 14.4 Å². The maximum atomic E-state index is 14.6. The summed E-state index contributed by atoms with van der Waals surface area (Å²) in [5.74, 6) is -1.77. The second-order valence-corrected chi connectivity index (χ2v) is 12.7. The topological polar surface area (TPSA) is 87.1 Å². The fourth-order valence-electron chi connectivity index (χ4n) is 6.80. The lowest BCUT2D eigenvalue weighted by Gasteiger charge is -2.40. The number of hydrogen-bond acceptors (Lipinski definition) is 6. The van der Waals surface area contributed by atoms with Gasteiger partial charge in [0.15, 0.2) is 0 Å². The lowest BCUT2D eigenvalue weighted by molar-refractivity contribution is -0.154. The molecule has 3 aliphatic heterocycles. The Morgan fingerprint density at radius 1 is 1.23 bits per heavy atom. The van der Waals surface area contributed by atoms with Crippen LogP contribution < -0.4 is 4.90 Å². The number of rotatable bonds is 13. The van der Waals surface area contributed by atoms with Crippen molar-refractivity contribution in [3.8, 4) is 0 Å². The van der Waals surface area contributed by atoms with Crippen LogP contribution in [0.4, 0.5) is 5.69 Å². The van der Waals surface area contributed by atoms with Gasteiger partial charge in [0.1, 0.15) is 6.04 Å². The number of aryl methyl sites for hydroxylation is 2. The summed E-state index contributed by atoms with van der Waals surface area (Å²) in [5, 5.41) is 9.57. The number of esters is 1. The summed E-state index contributed by atoms with van der Waals surface area (Å²) in [4.78, 5) is 45.6. The van der Waals surface area contributed by atoms with Crippen LogP contribution >= 0.6 is 11.8 Å². The third-order valence-corrected chi connectivity index (χ3v) is 10.7. The van der Waals surface area contributed by atoms with Crippen molar-refractivity contribution in [2.75, 3.05) is 31.2 Å². The molecule has 3 heterocycles. The SMILES string of the molecule is C=CCCCCOC(=O)[C@@H]1[C@H]2C(=O)N(CCCO)C(C(=O)N(CC=C)c3cc(C)ccc3C)C23S[C@@H]1CC3C. The minimum atomic E-state index is -0.739. The summed E-state index contributed by atoms with van der Waals surface area (Å²) in [6.45, 7) is 14.5. The fraction of sp³-hybridized carbons (Fsp3) is 0.581. The van der Waals surface area contributed by atoms with Crippen LogP contribution in [0.3, 0.4) is 0 Å². The lowest BCUT2D eigenvalue weighted by atomic mass is 9.66.